The van der Waals surface area contributed by atoms with Gasteiger partial charge in [-0.2, -0.15) is 0 Å². The van der Waals surface area contributed by atoms with Crippen molar-refractivity contribution in [1.82, 2.24) is 0 Å². The van der Waals surface area contributed by atoms with E-state index >= 15 is 0 Å². The van der Waals surface area contributed by atoms with Gasteiger partial charge in [0.2, 0.25) is 0 Å². The van der Waals surface area contributed by atoms with E-state index in [1.807, 2.05) is 6.07 Å². The highest BCUT2D eigenvalue weighted by Gasteiger charge is 2.40. The third-order valence-corrected chi connectivity index (χ3v) is 11.1. The van der Waals surface area contributed by atoms with Crippen molar-refractivity contribution in [3.05, 3.63) is 65.7 Å². The normalized spacial score (nSPS) is 20.8. The first-order chi connectivity index (χ1) is 13.3. The zero-order chi connectivity index (χ0) is 20.2. The van der Waals surface area contributed by atoms with Gasteiger partial charge in [-0.25, -0.2) is 0 Å². The second-order valence-electron chi connectivity index (χ2n) is 9.66. The quantitative estimate of drug-likeness (QED) is 0.476. The smallest absolute Gasteiger partial charge is 0.192 e. The Morgan fingerprint density at radius 2 is 1.46 bits per heavy atom. The summed E-state index contributed by atoms with van der Waals surface area (Å²) in [6.07, 6.45) is 5.11. The van der Waals surface area contributed by atoms with Gasteiger partial charge >= 0.3 is 0 Å². The van der Waals surface area contributed by atoms with Crippen molar-refractivity contribution in [1.29, 1.82) is 0 Å². The average Bonchev–Trinajstić information content (AvgIpc) is 2.67. The molecule has 1 saturated carbocycles. The first-order valence-electron chi connectivity index (χ1n) is 10.7. The Kier molecular flexibility index (Phi) is 6.67. The van der Waals surface area contributed by atoms with Crippen molar-refractivity contribution in [2.75, 3.05) is 0 Å². The van der Waals surface area contributed by atoms with Crippen LogP contribution in [0.1, 0.15) is 63.5 Å². The Bertz CT molecular complexity index is 741. The molecule has 0 N–H and O–H groups in total. The van der Waals surface area contributed by atoms with E-state index in [0.29, 0.717) is 18.6 Å². The summed E-state index contributed by atoms with van der Waals surface area (Å²) in [5, 5.41) is 0.279. The Labute approximate surface area is 172 Å². The molecule has 0 spiro atoms. The summed E-state index contributed by atoms with van der Waals surface area (Å²) in [7, 11) is -1.68. The number of hydrogen-bond acceptors (Lipinski definition) is 2. The fraction of sp³-hybridized carbons (Fsp3) is 0.520. The maximum Gasteiger partial charge on any atom is 0.192 e. The summed E-state index contributed by atoms with van der Waals surface area (Å²) in [5.74, 6) is 1.62. The van der Waals surface area contributed by atoms with Gasteiger partial charge in [0.1, 0.15) is 12.4 Å². The second kappa shape index (κ2) is 8.83. The van der Waals surface area contributed by atoms with Crippen molar-refractivity contribution in [3.63, 3.8) is 0 Å². The molecule has 152 valence electrons. The summed E-state index contributed by atoms with van der Waals surface area (Å²) in [5.41, 5.74) is 2.58. The van der Waals surface area contributed by atoms with Gasteiger partial charge < -0.3 is 9.16 Å². The summed E-state index contributed by atoms with van der Waals surface area (Å²) < 4.78 is 12.9. The lowest BCUT2D eigenvalue weighted by atomic mass is 9.82. The van der Waals surface area contributed by atoms with Gasteiger partial charge in [-0.05, 0) is 66.9 Å². The molecule has 0 aliphatic heterocycles. The van der Waals surface area contributed by atoms with Crippen LogP contribution in [-0.4, -0.2) is 14.4 Å². The molecule has 2 aromatic carbocycles. The number of benzene rings is 2. The Hall–Kier alpha value is -1.58. The third-order valence-electron chi connectivity index (χ3n) is 6.54. The molecule has 28 heavy (non-hydrogen) atoms. The summed E-state index contributed by atoms with van der Waals surface area (Å²) >= 11 is 0. The molecule has 1 fully saturated rings. The van der Waals surface area contributed by atoms with Crippen molar-refractivity contribution >= 4 is 8.32 Å². The molecule has 0 saturated heterocycles. The molecule has 2 nitrogen and oxygen atoms in total. The predicted octanol–water partition coefficient (Wildman–Crippen LogP) is 7.31. The van der Waals surface area contributed by atoms with Gasteiger partial charge in [-0.3, -0.25) is 0 Å². The van der Waals surface area contributed by atoms with E-state index in [-0.39, 0.29) is 5.04 Å². The number of hydrogen-bond donors (Lipinski definition) is 0. The van der Waals surface area contributed by atoms with Crippen LogP contribution in [0.2, 0.25) is 18.1 Å². The third kappa shape index (κ3) is 5.27. The van der Waals surface area contributed by atoms with Crippen LogP contribution in [-0.2, 0) is 11.0 Å². The first kappa shape index (κ1) is 21.1. The molecule has 0 atom stereocenters. The first-order valence-corrected chi connectivity index (χ1v) is 13.6. The minimum atomic E-state index is -1.68. The van der Waals surface area contributed by atoms with Crippen LogP contribution in [0.4, 0.5) is 0 Å². The van der Waals surface area contributed by atoms with E-state index in [2.05, 4.69) is 82.4 Å². The molecular formula is C25H36O2Si. The van der Waals surface area contributed by atoms with E-state index in [4.69, 9.17) is 9.16 Å². The maximum absolute atomic E-state index is 6.67. The molecule has 0 heterocycles. The van der Waals surface area contributed by atoms with Gasteiger partial charge in [0.25, 0.3) is 0 Å². The van der Waals surface area contributed by atoms with Gasteiger partial charge in [0, 0.05) is 6.10 Å². The van der Waals surface area contributed by atoms with Crippen LogP contribution in [0.25, 0.3) is 0 Å². The van der Waals surface area contributed by atoms with Gasteiger partial charge in [-0.1, -0.05) is 69.3 Å². The van der Waals surface area contributed by atoms with E-state index in [1.54, 1.807) is 0 Å². The fourth-order valence-corrected chi connectivity index (χ4v) is 5.19. The molecule has 0 aromatic heterocycles. The van der Waals surface area contributed by atoms with Crippen molar-refractivity contribution in [2.45, 2.75) is 83.2 Å². The highest BCUT2D eigenvalue weighted by Crippen LogP contribution is 2.42. The monoisotopic (exact) mass is 396 g/mol. The highest BCUT2D eigenvalue weighted by atomic mass is 28.4. The Balaban J connectivity index is 1.60. The molecular weight excluding hydrogens is 360 g/mol. The van der Waals surface area contributed by atoms with Crippen LogP contribution >= 0.6 is 0 Å². The zero-order valence-corrected chi connectivity index (χ0v) is 19.2. The van der Waals surface area contributed by atoms with E-state index in [1.165, 1.54) is 24.0 Å². The zero-order valence-electron chi connectivity index (χ0n) is 18.2. The van der Waals surface area contributed by atoms with Gasteiger partial charge in [0.15, 0.2) is 8.32 Å². The van der Waals surface area contributed by atoms with E-state index in [9.17, 15) is 0 Å². The Morgan fingerprint density at radius 1 is 0.857 bits per heavy atom. The predicted molar refractivity (Wildman–Crippen MR) is 120 cm³/mol. The largest absolute Gasteiger partial charge is 0.489 e. The highest BCUT2D eigenvalue weighted by molar-refractivity contribution is 6.74. The minimum absolute atomic E-state index is 0.279. The SMILES string of the molecule is CC(C)(C)[Si](C)(C)O[C@H]1CC[C@@H](c2ccccc2OCc2ccccc2)CC1. The molecule has 0 unspecified atom stereocenters. The average molecular weight is 397 g/mol. The van der Waals surface area contributed by atoms with Crippen molar-refractivity contribution in [3.8, 4) is 5.75 Å². The lowest BCUT2D eigenvalue weighted by Crippen LogP contribution is -2.44. The van der Waals surface area contributed by atoms with Gasteiger partial charge in [-0.15, -0.1) is 0 Å². The van der Waals surface area contributed by atoms with Crippen LogP contribution < -0.4 is 4.74 Å². The Morgan fingerprint density at radius 3 is 2.11 bits per heavy atom. The van der Waals surface area contributed by atoms with Crippen LogP contribution in [0, 0.1) is 0 Å². The molecule has 3 rings (SSSR count). The molecule has 3 heteroatoms. The van der Waals surface area contributed by atoms with Gasteiger partial charge in [0.05, 0.1) is 0 Å². The number of ether oxygens (including phenoxy) is 1. The van der Waals surface area contributed by atoms with Crippen LogP contribution in [0.5, 0.6) is 5.75 Å². The molecule has 1 aliphatic carbocycles. The number of para-hydroxylation sites is 1. The van der Waals surface area contributed by atoms with E-state index < -0.39 is 8.32 Å². The topological polar surface area (TPSA) is 18.5 Å². The van der Waals surface area contributed by atoms with Crippen molar-refractivity contribution in [2.24, 2.45) is 0 Å². The second-order valence-corrected chi connectivity index (χ2v) is 14.4. The van der Waals surface area contributed by atoms with Crippen molar-refractivity contribution < 1.29 is 9.16 Å². The summed E-state index contributed by atoms with van der Waals surface area (Å²) in [6, 6.07) is 19.0. The van der Waals surface area contributed by atoms with Crippen LogP contribution in [0.15, 0.2) is 54.6 Å². The van der Waals surface area contributed by atoms with Crippen LogP contribution in [0.3, 0.4) is 0 Å². The lowest BCUT2D eigenvalue weighted by Gasteiger charge is -2.41. The molecule has 2 aromatic rings. The number of rotatable bonds is 6. The fourth-order valence-electron chi connectivity index (χ4n) is 3.77. The summed E-state index contributed by atoms with van der Waals surface area (Å²) in [4.78, 5) is 0. The summed E-state index contributed by atoms with van der Waals surface area (Å²) in [6.45, 7) is 12.3. The molecule has 1 aliphatic rings. The lowest BCUT2D eigenvalue weighted by molar-refractivity contribution is 0.129. The molecule has 0 amide bonds. The maximum atomic E-state index is 6.67. The molecule has 0 bridgehead atoms. The minimum Gasteiger partial charge on any atom is -0.489 e. The standard InChI is InChI=1S/C25H36O2Si/c1-25(2,3)28(4,5)27-22-17-15-21(16-18-22)23-13-9-10-14-24(23)26-19-20-11-7-6-8-12-20/h6-14,21-22H,15-19H2,1-5H3/t21-,22+. The molecule has 0 radical (unpaired) electrons. The van der Waals surface area contributed by atoms with E-state index in [0.717, 1.165) is 18.6 Å².